The molecule has 1 N–H and O–H groups in total. The molecule has 3 aromatic carbocycles. The van der Waals surface area contributed by atoms with Crippen molar-refractivity contribution < 1.29 is 0 Å². The molecule has 3 heteroatoms. The van der Waals surface area contributed by atoms with Gasteiger partial charge in [-0.2, -0.15) is 0 Å². The number of hydrogen-bond acceptors (Lipinski definition) is 2. The van der Waals surface area contributed by atoms with E-state index in [0.717, 1.165) is 28.1 Å². The summed E-state index contributed by atoms with van der Waals surface area (Å²) in [5.41, 5.74) is 5.69. The fourth-order valence-corrected chi connectivity index (χ4v) is 3.38. The van der Waals surface area contributed by atoms with E-state index in [2.05, 4.69) is 76.6 Å². The molecule has 1 aromatic heterocycles. The highest BCUT2D eigenvalue weighted by molar-refractivity contribution is 5.86. The summed E-state index contributed by atoms with van der Waals surface area (Å²) in [5.74, 6) is 1.02. The van der Waals surface area contributed by atoms with Crippen LogP contribution in [0.3, 0.4) is 0 Å². The first-order valence-electron chi connectivity index (χ1n) is 7.80. The largest absolute Gasteiger partial charge is 0.361 e. The minimum Gasteiger partial charge on any atom is -0.361 e. The molecule has 0 saturated heterocycles. The van der Waals surface area contributed by atoms with E-state index in [-0.39, 0.29) is 6.17 Å². The van der Waals surface area contributed by atoms with Crippen LogP contribution in [0.5, 0.6) is 0 Å². The Hall–Kier alpha value is -3.07. The van der Waals surface area contributed by atoms with Gasteiger partial charge in [0.1, 0.15) is 12.0 Å². The van der Waals surface area contributed by atoms with Crippen molar-refractivity contribution in [1.29, 1.82) is 0 Å². The Kier molecular flexibility index (Phi) is 2.56. The molecule has 0 amide bonds. The van der Waals surface area contributed by atoms with Gasteiger partial charge in [-0.3, -0.25) is 4.57 Å². The van der Waals surface area contributed by atoms with E-state index in [1.54, 1.807) is 0 Å². The minimum absolute atomic E-state index is 0.0495. The highest BCUT2D eigenvalue weighted by Gasteiger charge is 2.27. The first-order valence-corrected chi connectivity index (χ1v) is 7.80. The Morgan fingerprint density at radius 1 is 0.783 bits per heavy atom. The summed E-state index contributed by atoms with van der Waals surface area (Å²) in [7, 11) is 0. The SMILES string of the molecule is c1ccc([C@@H]2Nc3ccccc3-c3nc4ccccc4n32)cc1. The number of aromatic nitrogens is 2. The Bertz CT molecular complexity index is 1000. The van der Waals surface area contributed by atoms with Crippen LogP contribution in [-0.4, -0.2) is 9.55 Å². The van der Waals surface area contributed by atoms with Gasteiger partial charge in [-0.1, -0.05) is 54.6 Å². The van der Waals surface area contributed by atoms with Crippen molar-refractivity contribution >= 4 is 16.7 Å². The van der Waals surface area contributed by atoms with E-state index in [9.17, 15) is 0 Å². The van der Waals surface area contributed by atoms with E-state index in [0.29, 0.717) is 0 Å². The zero-order valence-corrected chi connectivity index (χ0v) is 12.5. The third-order valence-corrected chi connectivity index (χ3v) is 4.43. The Morgan fingerprint density at radius 3 is 2.43 bits per heavy atom. The fraction of sp³-hybridized carbons (Fsp3) is 0.0500. The number of nitrogens with zero attached hydrogens (tertiary/aromatic N) is 2. The fourth-order valence-electron chi connectivity index (χ4n) is 3.38. The molecule has 5 rings (SSSR count). The normalized spacial score (nSPS) is 15.7. The number of rotatable bonds is 1. The summed E-state index contributed by atoms with van der Waals surface area (Å²) in [6.07, 6.45) is 0.0495. The zero-order valence-electron chi connectivity index (χ0n) is 12.5. The number of para-hydroxylation sites is 3. The first-order chi connectivity index (χ1) is 11.4. The van der Waals surface area contributed by atoms with E-state index < -0.39 is 0 Å². The highest BCUT2D eigenvalue weighted by Crippen LogP contribution is 2.40. The van der Waals surface area contributed by atoms with Crippen molar-refractivity contribution in [3.05, 3.63) is 84.4 Å². The molecular formula is C20H15N3. The molecule has 0 saturated carbocycles. The van der Waals surface area contributed by atoms with Gasteiger partial charge in [0.05, 0.1) is 11.0 Å². The van der Waals surface area contributed by atoms with Gasteiger partial charge >= 0.3 is 0 Å². The number of benzene rings is 3. The Morgan fingerprint density at radius 2 is 1.52 bits per heavy atom. The monoisotopic (exact) mass is 297 g/mol. The average Bonchev–Trinajstić information content (AvgIpc) is 3.02. The number of anilines is 1. The lowest BCUT2D eigenvalue weighted by atomic mass is 10.1. The topological polar surface area (TPSA) is 29.9 Å². The lowest BCUT2D eigenvalue weighted by Gasteiger charge is -2.30. The number of hydrogen-bond donors (Lipinski definition) is 1. The molecule has 110 valence electrons. The first kappa shape index (κ1) is 12.5. The summed E-state index contributed by atoms with van der Waals surface area (Å²) in [6.45, 7) is 0. The van der Waals surface area contributed by atoms with Gasteiger partial charge in [0.15, 0.2) is 0 Å². The molecular weight excluding hydrogens is 282 g/mol. The second-order valence-corrected chi connectivity index (χ2v) is 5.80. The third-order valence-electron chi connectivity index (χ3n) is 4.43. The average molecular weight is 297 g/mol. The van der Waals surface area contributed by atoms with Gasteiger partial charge in [-0.05, 0) is 29.8 Å². The molecule has 2 heterocycles. The summed E-state index contributed by atoms with van der Waals surface area (Å²) in [6, 6.07) is 27.2. The molecule has 0 aliphatic carbocycles. The van der Waals surface area contributed by atoms with Crippen molar-refractivity contribution in [2.24, 2.45) is 0 Å². The van der Waals surface area contributed by atoms with Crippen molar-refractivity contribution in [3.8, 4) is 11.4 Å². The smallest absolute Gasteiger partial charge is 0.145 e. The molecule has 0 bridgehead atoms. The van der Waals surface area contributed by atoms with E-state index in [1.807, 2.05) is 12.1 Å². The third kappa shape index (κ3) is 1.80. The second-order valence-electron chi connectivity index (χ2n) is 5.80. The maximum atomic E-state index is 4.89. The predicted octanol–water partition coefficient (Wildman–Crippen LogP) is 4.68. The lowest BCUT2D eigenvalue weighted by Crippen LogP contribution is -2.24. The van der Waals surface area contributed by atoms with Crippen molar-refractivity contribution in [3.63, 3.8) is 0 Å². The molecule has 0 fully saturated rings. The summed E-state index contributed by atoms with van der Waals surface area (Å²) in [4.78, 5) is 4.89. The Balaban J connectivity index is 1.85. The van der Waals surface area contributed by atoms with E-state index in [1.165, 1.54) is 5.56 Å². The van der Waals surface area contributed by atoms with Crippen molar-refractivity contribution in [2.45, 2.75) is 6.17 Å². The highest BCUT2D eigenvalue weighted by atomic mass is 15.2. The molecule has 1 aliphatic heterocycles. The van der Waals surface area contributed by atoms with Crippen LogP contribution in [0, 0.1) is 0 Å². The van der Waals surface area contributed by atoms with Crippen molar-refractivity contribution in [1.82, 2.24) is 9.55 Å². The minimum atomic E-state index is 0.0495. The van der Waals surface area contributed by atoms with Gasteiger partial charge in [0.25, 0.3) is 0 Å². The number of nitrogens with one attached hydrogen (secondary N) is 1. The van der Waals surface area contributed by atoms with Crippen LogP contribution in [0.2, 0.25) is 0 Å². The molecule has 3 nitrogen and oxygen atoms in total. The van der Waals surface area contributed by atoms with Crippen LogP contribution in [0.25, 0.3) is 22.4 Å². The van der Waals surface area contributed by atoms with Crippen molar-refractivity contribution in [2.75, 3.05) is 5.32 Å². The van der Waals surface area contributed by atoms with Gasteiger partial charge in [-0.25, -0.2) is 4.98 Å². The molecule has 4 aromatic rings. The van der Waals surface area contributed by atoms with E-state index >= 15 is 0 Å². The predicted molar refractivity (Wildman–Crippen MR) is 93.4 cm³/mol. The Labute approximate surface area is 134 Å². The summed E-state index contributed by atoms with van der Waals surface area (Å²) < 4.78 is 2.30. The van der Waals surface area contributed by atoms with Crippen LogP contribution in [-0.2, 0) is 0 Å². The standard InChI is InChI=1S/C20H15N3/c1-2-8-14(9-3-1)19-21-16-11-5-4-10-15(16)20-22-17-12-6-7-13-18(17)23(19)20/h1-13,19,21H/t19-/m1/s1. The molecule has 1 atom stereocenters. The molecule has 0 spiro atoms. The number of imidazole rings is 1. The maximum absolute atomic E-state index is 4.89. The zero-order chi connectivity index (χ0) is 15.2. The van der Waals surface area contributed by atoms with E-state index in [4.69, 9.17) is 4.98 Å². The van der Waals surface area contributed by atoms with Crippen LogP contribution < -0.4 is 5.32 Å². The maximum Gasteiger partial charge on any atom is 0.145 e. The van der Waals surface area contributed by atoms with Crippen LogP contribution in [0.15, 0.2) is 78.9 Å². The summed E-state index contributed by atoms with van der Waals surface area (Å²) >= 11 is 0. The van der Waals surface area contributed by atoms with Crippen LogP contribution in [0.4, 0.5) is 5.69 Å². The van der Waals surface area contributed by atoms with Crippen LogP contribution in [0.1, 0.15) is 11.7 Å². The van der Waals surface area contributed by atoms with Gasteiger partial charge in [0.2, 0.25) is 0 Å². The number of fused-ring (bicyclic) bond motifs is 5. The molecule has 0 unspecified atom stereocenters. The molecule has 23 heavy (non-hydrogen) atoms. The molecule has 1 aliphatic rings. The van der Waals surface area contributed by atoms with Gasteiger partial charge in [0, 0.05) is 11.3 Å². The lowest BCUT2D eigenvalue weighted by molar-refractivity contribution is 0.669. The van der Waals surface area contributed by atoms with Crippen LogP contribution >= 0.6 is 0 Å². The molecule has 0 radical (unpaired) electrons. The second kappa shape index (κ2) is 4.71. The van der Waals surface area contributed by atoms with Gasteiger partial charge < -0.3 is 5.32 Å². The quantitative estimate of drug-likeness (QED) is 0.553. The van der Waals surface area contributed by atoms with Gasteiger partial charge in [-0.15, -0.1) is 0 Å². The summed E-state index contributed by atoms with van der Waals surface area (Å²) in [5, 5.41) is 3.67.